The van der Waals surface area contributed by atoms with Crippen molar-refractivity contribution in [2.45, 2.75) is 19.5 Å². The Hall–Kier alpha value is -1.94. The molecule has 0 radical (unpaired) electrons. The van der Waals surface area contributed by atoms with Gasteiger partial charge in [0.05, 0.1) is 13.7 Å². The van der Waals surface area contributed by atoms with Gasteiger partial charge in [-0.05, 0) is 50.4 Å². The highest BCUT2D eigenvalue weighted by molar-refractivity contribution is 5.31. The average molecular weight is 274 g/mol. The van der Waals surface area contributed by atoms with E-state index < -0.39 is 0 Å². The van der Waals surface area contributed by atoms with Crippen molar-refractivity contribution < 1.29 is 9.47 Å². The number of ether oxygens (including phenoxy) is 2. The largest absolute Gasteiger partial charge is 0.497 e. The summed E-state index contributed by atoms with van der Waals surface area (Å²) in [6.45, 7) is 3.63. The molecule has 0 amide bonds. The normalized spacial score (nSPS) is 12.2. The van der Waals surface area contributed by atoms with Crippen molar-refractivity contribution >= 4 is 0 Å². The molecule has 20 heavy (non-hydrogen) atoms. The van der Waals surface area contributed by atoms with E-state index in [9.17, 15) is 0 Å². The minimum absolute atomic E-state index is 0.339. The molecule has 0 fully saturated rings. The highest BCUT2D eigenvalue weighted by atomic mass is 16.5. The molecular weight excluding hydrogens is 252 g/mol. The second kappa shape index (κ2) is 7.01. The Bertz CT molecular complexity index is 520. The zero-order chi connectivity index (χ0) is 14.4. The fraction of sp³-hybridized carbons (Fsp3) is 0.375. The minimum atomic E-state index is 0.339. The van der Waals surface area contributed by atoms with E-state index in [0.29, 0.717) is 12.6 Å². The summed E-state index contributed by atoms with van der Waals surface area (Å²) in [4.78, 5) is 0. The van der Waals surface area contributed by atoms with Crippen LogP contribution in [0, 0.1) is 0 Å². The SMILES string of the molecule is CNC(C)c1cccn1CCOc1ccc(OC)cc1. The molecule has 2 aromatic rings. The smallest absolute Gasteiger partial charge is 0.119 e. The summed E-state index contributed by atoms with van der Waals surface area (Å²) >= 11 is 0. The number of aromatic nitrogens is 1. The van der Waals surface area contributed by atoms with Crippen molar-refractivity contribution in [1.82, 2.24) is 9.88 Å². The highest BCUT2D eigenvalue weighted by Crippen LogP contribution is 2.17. The third kappa shape index (κ3) is 3.54. The van der Waals surface area contributed by atoms with Crippen LogP contribution in [0.15, 0.2) is 42.6 Å². The van der Waals surface area contributed by atoms with Crippen LogP contribution in [0.25, 0.3) is 0 Å². The minimum Gasteiger partial charge on any atom is -0.497 e. The van der Waals surface area contributed by atoms with Gasteiger partial charge in [0.25, 0.3) is 0 Å². The van der Waals surface area contributed by atoms with E-state index in [4.69, 9.17) is 9.47 Å². The summed E-state index contributed by atoms with van der Waals surface area (Å²) < 4.78 is 13.1. The van der Waals surface area contributed by atoms with Gasteiger partial charge in [-0.1, -0.05) is 0 Å². The summed E-state index contributed by atoms with van der Waals surface area (Å²) in [5.74, 6) is 1.70. The lowest BCUT2D eigenvalue weighted by Gasteiger charge is -2.15. The third-order valence-electron chi connectivity index (χ3n) is 3.40. The molecular formula is C16H22N2O2. The third-order valence-corrected chi connectivity index (χ3v) is 3.40. The summed E-state index contributed by atoms with van der Waals surface area (Å²) in [7, 11) is 3.63. The molecule has 0 spiro atoms. The molecule has 0 aliphatic carbocycles. The van der Waals surface area contributed by atoms with Crippen molar-refractivity contribution in [3.63, 3.8) is 0 Å². The van der Waals surface area contributed by atoms with Crippen LogP contribution >= 0.6 is 0 Å². The first-order valence-electron chi connectivity index (χ1n) is 6.83. The van der Waals surface area contributed by atoms with E-state index in [2.05, 4.69) is 35.1 Å². The number of methoxy groups -OCH3 is 1. The van der Waals surface area contributed by atoms with Gasteiger partial charge in [0.2, 0.25) is 0 Å². The molecule has 1 heterocycles. The molecule has 0 aliphatic rings. The van der Waals surface area contributed by atoms with E-state index in [1.54, 1.807) is 7.11 Å². The van der Waals surface area contributed by atoms with Gasteiger partial charge in [0.1, 0.15) is 18.1 Å². The number of rotatable bonds is 7. The van der Waals surface area contributed by atoms with Gasteiger partial charge < -0.3 is 19.4 Å². The lowest BCUT2D eigenvalue weighted by molar-refractivity contribution is 0.294. The number of nitrogens with one attached hydrogen (secondary N) is 1. The van der Waals surface area contributed by atoms with Crippen molar-refractivity contribution in [2.24, 2.45) is 0 Å². The predicted molar refractivity (Wildman–Crippen MR) is 80.4 cm³/mol. The topological polar surface area (TPSA) is 35.4 Å². The number of hydrogen-bond donors (Lipinski definition) is 1. The van der Waals surface area contributed by atoms with Crippen LogP contribution in [0.5, 0.6) is 11.5 Å². The van der Waals surface area contributed by atoms with Crippen molar-refractivity contribution in [3.05, 3.63) is 48.3 Å². The second-order valence-corrected chi connectivity index (χ2v) is 4.66. The number of nitrogens with zero attached hydrogens (tertiary/aromatic N) is 1. The maximum absolute atomic E-state index is 5.75. The number of hydrogen-bond acceptors (Lipinski definition) is 3. The molecule has 0 aliphatic heterocycles. The quantitative estimate of drug-likeness (QED) is 0.843. The van der Waals surface area contributed by atoms with Crippen LogP contribution in [-0.4, -0.2) is 25.3 Å². The van der Waals surface area contributed by atoms with Gasteiger partial charge >= 0.3 is 0 Å². The first-order valence-corrected chi connectivity index (χ1v) is 6.83. The summed E-state index contributed by atoms with van der Waals surface area (Å²) in [6, 6.07) is 12.2. The van der Waals surface area contributed by atoms with Gasteiger partial charge in [0, 0.05) is 17.9 Å². The van der Waals surface area contributed by atoms with Crippen LogP contribution in [-0.2, 0) is 6.54 Å². The van der Waals surface area contributed by atoms with Crippen LogP contribution in [0.2, 0.25) is 0 Å². The maximum Gasteiger partial charge on any atom is 0.119 e. The van der Waals surface area contributed by atoms with E-state index in [-0.39, 0.29) is 0 Å². The van der Waals surface area contributed by atoms with Crippen LogP contribution in [0.1, 0.15) is 18.7 Å². The van der Waals surface area contributed by atoms with E-state index in [0.717, 1.165) is 18.0 Å². The van der Waals surface area contributed by atoms with Crippen LogP contribution in [0.3, 0.4) is 0 Å². The first-order chi connectivity index (χ1) is 9.74. The fourth-order valence-corrected chi connectivity index (χ4v) is 2.11. The molecule has 2 rings (SSSR count). The highest BCUT2D eigenvalue weighted by Gasteiger charge is 2.07. The van der Waals surface area contributed by atoms with Crippen molar-refractivity contribution in [2.75, 3.05) is 20.8 Å². The second-order valence-electron chi connectivity index (χ2n) is 4.66. The van der Waals surface area contributed by atoms with Crippen molar-refractivity contribution in [1.29, 1.82) is 0 Å². The molecule has 1 unspecified atom stereocenters. The standard InChI is InChI=1S/C16H22N2O2/c1-13(17-2)16-5-4-10-18(16)11-12-20-15-8-6-14(19-3)7-9-15/h4-10,13,17H,11-12H2,1-3H3. The van der Waals surface area contributed by atoms with Crippen LogP contribution in [0.4, 0.5) is 0 Å². The Morgan fingerprint density at radius 1 is 1.15 bits per heavy atom. The Kier molecular flexibility index (Phi) is 5.07. The Labute approximate surface area is 120 Å². The van der Waals surface area contributed by atoms with Gasteiger partial charge in [0.15, 0.2) is 0 Å². The lowest BCUT2D eigenvalue weighted by Crippen LogP contribution is -2.18. The lowest BCUT2D eigenvalue weighted by atomic mass is 10.2. The molecule has 4 nitrogen and oxygen atoms in total. The predicted octanol–water partition coefficient (Wildman–Crippen LogP) is 2.86. The Morgan fingerprint density at radius 2 is 1.85 bits per heavy atom. The average Bonchev–Trinajstić information content (AvgIpc) is 2.95. The van der Waals surface area contributed by atoms with Gasteiger partial charge in [-0.15, -0.1) is 0 Å². The van der Waals surface area contributed by atoms with Crippen LogP contribution < -0.4 is 14.8 Å². The van der Waals surface area contributed by atoms with E-state index in [1.165, 1.54) is 5.69 Å². The van der Waals surface area contributed by atoms with Gasteiger partial charge in [-0.3, -0.25) is 0 Å². The molecule has 1 aromatic carbocycles. The zero-order valence-corrected chi connectivity index (χ0v) is 12.3. The molecule has 1 atom stereocenters. The van der Waals surface area contributed by atoms with E-state index in [1.807, 2.05) is 31.3 Å². The Morgan fingerprint density at radius 3 is 2.50 bits per heavy atom. The van der Waals surface area contributed by atoms with E-state index >= 15 is 0 Å². The molecule has 0 saturated heterocycles. The Balaban J connectivity index is 1.87. The zero-order valence-electron chi connectivity index (χ0n) is 12.3. The summed E-state index contributed by atoms with van der Waals surface area (Å²) in [5.41, 5.74) is 1.27. The molecule has 1 N–H and O–H groups in total. The maximum atomic E-state index is 5.75. The van der Waals surface area contributed by atoms with Gasteiger partial charge in [-0.2, -0.15) is 0 Å². The molecule has 108 valence electrons. The summed E-state index contributed by atoms with van der Waals surface area (Å²) in [5, 5.41) is 3.25. The summed E-state index contributed by atoms with van der Waals surface area (Å²) in [6.07, 6.45) is 2.08. The number of benzene rings is 1. The molecule has 0 bridgehead atoms. The monoisotopic (exact) mass is 274 g/mol. The molecule has 0 saturated carbocycles. The fourth-order valence-electron chi connectivity index (χ4n) is 2.11. The molecule has 4 heteroatoms. The van der Waals surface area contributed by atoms with Crippen molar-refractivity contribution in [3.8, 4) is 11.5 Å². The molecule has 1 aromatic heterocycles. The van der Waals surface area contributed by atoms with Gasteiger partial charge in [-0.25, -0.2) is 0 Å². The first kappa shape index (κ1) is 14.5.